The van der Waals surface area contributed by atoms with Gasteiger partial charge in [-0.2, -0.15) is 0 Å². The molecule has 0 saturated heterocycles. The van der Waals surface area contributed by atoms with Crippen LogP contribution in [0.2, 0.25) is 0 Å². The summed E-state index contributed by atoms with van der Waals surface area (Å²) in [4.78, 5) is 12.3. The third kappa shape index (κ3) is 2.70. The average Bonchev–Trinajstić information content (AvgIpc) is 2.86. The monoisotopic (exact) mass is 283 g/mol. The Labute approximate surface area is 122 Å². The van der Waals surface area contributed by atoms with Gasteiger partial charge in [-0.15, -0.1) is 0 Å². The van der Waals surface area contributed by atoms with Crippen molar-refractivity contribution in [3.63, 3.8) is 0 Å². The SMILES string of the molecule is CCCSc1nc2cc(-c3ccnc(C)c3)ccc2[nH]1. The number of rotatable bonds is 4. The van der Waals surface area contributed by atoms with Gasteiger partial charge in [-0.05, 0) is 48.7 Å². The summed E-state index contributed by atoms with van der Waals surface area (Å²) in [5.41, 5.74) is 5.52. The lowest BCUT2D eigenvalue weighted by molar-refractivity contribution is 1.05. The Morgan fingerprint density at radius 1 is 1.15 bits per heavy atom. The summed E-state index contributed by atoms with van der Waals surface area (Å²) in [6.45, 7) is 4.19. The van der Waals surface area contributed by atoms with Crippen molar-refractivity contribution < 1.29 is 0 Å². The first kappa shape index (κ1) is 13.2. The van der Waals surface area contributed by atoms with E-state index in [-0.39, 0.29) is 0 Å². The van der Waals surface area contributed by atoms with Crippen LogP contribution in [0.4, 0.5) is 0 Å². The maximum atomic E-state index is 4.65. The summed E-state index contributed by atoms with van der Waals surface area (Å²) in [6.07, 6.45) is 3.01. The topological polar surface area (TPSA) is 41.6 Å². The number of fused-ring (bicyclic) bond motifs is 1. The highest BCUT2D eigenvalue weighted by molar-refractivity contribution is 7.99. The highest BCUT2D eigenvalue weighted by Gasteiger charge is 2.05. The van der Waals surface area contributed by atoms with Crippen LogP contribution in [0.15, 0.2) is 41.7 Å². The molecule has 0 bridgehead atoms. The van der Waals surface area contributed by atoms with Gasteiger partial charge in [0.15, 0.2) is 5.16 Å². The van der Waals surface area contributed by atoms with Crippen molar-refractivity contribution in [2.45, 2.75) is 25.4 Å². The van der Waals surface area contributed by atoms with E-state index >= 15 is 0 Å². The number of aryl methyl sites for hydroxylation is 1. The predicted molar refractivity (Wildman–Crippen MR) is 85.1 cm³/mol. The molecule has 20 heavy (non-hydrogen) atoms. The van der Waals surface area contributed by atoms with Crippen LogP contribution in [0.3, 0.4) is 0 Å². The second-order valence-electron chi connectivity index (χ2n) is 4.81. The minimum absolute atomic E-state index is 1.00. The van der Waals surface area contributed by atoms with Crippen molar-refractivity contribution in [3.8, 4) is 11.1 Å². The van der Waals surface area contributed by atoms with E-state index in [2.05, 4.69) is 46.1 Å². The standard InChI is InChI=1S/C16H17N3S/c1-3-8-20-16-18-14-5-4-12(10-15(14)19-16)13-6-7-17-11(2)9-13/h4-7,9-10H,3,8H2,1-2H3,(H,18,19). The lowest BCUT2D eigenvalue weighted by Gasteiger charge is -2.02. The van der Waals surface area contributed by atoms with Crippen molar-refractivity contribution >= 4 is 22.8 Å². The molecule has 1 N–H and O–H groups in total. The van der Waals surface area contributed by atoms with Gasteiger partial charge < -0.3 is 4.98 Å². The van der Waals surface area contributed by atoms with Gasteiger partial charge in [-0.25, -0.2) is 4.98 Å². The second-order valence-corrected chi connectivity index (χ2v) is 5.89. The van der Waals surface area contributed by atoms with E-state index in [0.29, 0.717) is 0 Å². The third-order valence-electron chi connectivity index (χ3n) is 3.13. The van der Waals surface area contributed by atoms with Gasteiger partial charge in [-0.1, -0.05) is 24.8 Å². The van der Waals surface area contributed by atoms with Crippen molar-refractivity contribution in [2.24, 2.45) is 0 Å². The molecule has 0 saturated carbocycles. The molecule has 3 aromatic rings. The van der Waals surface area contributed by atoms with E-state index in [9.17, 15) is 0 Å². The number of imidazole rings is 1. The Hall–Kier alpha value is -1.81. The molecule has 1 aromatic carbocycles. The highest BCUT2D eigenvalue weighted by atomic mass is 32.2. The molecule has 3 nitrogen and oxygen atoms in total. The van der Waals surface area contributed by atoms with Crippen LogP contribution in [0.25, 0.3) is 22.2 Å². The first-order valence-electron chi connectivity index (χ1n) is 6.82. The smallest absolute Gasteiger partial charge is 0.166 e. The molecular formula is C16H17N3S. The minimum atomic E-state index is 1.00. The average molecular weight is 283 g/mol. The highest BCUT2D eigenvalue weighted by Crippen LogP contribution is 2.25. The zero-order valence-corrected chi connectivity index (χ0v) is 12.5. The zero-order valence-electron chi connectivity index (χ0n) is 11.7. The maximum absolute atomic E-state index is 4.65. The number of hydrogen-bond donors (Lipinski definition) is 1. The van der Waals surface area contributed by atoms with E-state index in [1.807, 2.05) is 19.2 Å². The molecule has 0 aliphatic carbocycles. The number of nitrogens with one attached hydrogen (secondary N) is 1. The number of aromatic nitrogens is 3. The van der Waals surface area contributed by atoms with E-state index in [0.717, 1.165) is 34.1 Å². The maximum Gasteiger partial charge on any atom is 0.166 e. The molecule has 0 amide bonds. The Morgan fingerprint density at radius 3 is 2.80 bits per heavy atom. The number of thioether (sulfide) groups is 1. The summed E-state index contributed by atoms with van der Waals surface area (Å²) >= 11 is 1.77. The van der Waals surface area contributed by atoms with Gasteiger partial charge in [-0.3, -0.25) is 4.98 Å². The van der Waals surface area contributed by atoms with E-state index in [4.69, 9.17) is 0 Å². The predicted octanol–water partition coefficient (Wildman–Crippen LogP) is 4.44. The molecule has 102 valence electrons. The van der Waals surface area contributed by atoms with E-state index < -0.39 is 0 Å². The number of aromatic amines is 1. The normalized spacial score (nSPS) is 11.1. The molecule has 0 aliphatic heterocycles. The molecular weight excluding hydrogens is 266 g/mol. The van der Waals surface area contributed by atoms with Crippen molar-refractivity contribution in [1.29, 1.82) is 0 Å². The molecule has 0 spiro atoms. The van der Waals surface area contributed by atoms with Gasteiger partial charge in [0.2, 0.25) is 0 Å². The Morgan fingerprint density at radius 2 is 2.00 bits per heavy atom. The molecule has 0 aliphatic rings. The second kappa shape index (κ2) is 5.67. The molecule has 2 heterocycles. The third-order valence-corrected chi connectivity index (χ3v) is 4.21. The molecule has 4 heteroatoms. The number of pyridine rings is 1. The van der Waals surface area contributed by atoms with Crippen LogP contribution in [0, 0.1) is 6.92 Å². The van der Waals surface area contributed by atoms with E-state index in [1.54, 1.807) is 11.8 Å². The summed E-state index contributed by atoms with van der Waals surface area (Å²) in [5.74, 6) is 1.09. The van der Waals surface area contributed by atoms with Gasteiger partial charge >= 0.3 is 0 Å². The minimum Gasteiger partial charge on any atom is -0.333 e. The number of nitrogens with zero attached hydrogens (tertiary/aromatic N) is 2. The van der Waals surface area contributed by atoms with E-state index in [1.165, 1.54) is 11.1 Å². The van der Waals surface area contributed by atoms with Crippen LogP contribution < -0.4 is 0 Å². The van der Waals surface area contributed by atoms with Gasteiger partial charge in [0.05, 0.1) is 11.0 Å². The fraction of sp³-hybridized carbons (Fsp3) is 0.250. The molecule has 0 atom stereocenters. The van der Waals surface area contributed by atoms with Crippen LogP contribution in [0.1, 0.15) is 19.0 Å². The first-order valence-corrected chi connectivity index (χ1v) is 7.80. The summed E-state index contributed by atoms with van der Waals surface area (Å²) in [6, 6.07) is 10.5. The van der Waals surface area contributed by atoms with Gasteiger partial charge in [0.25, 0.3) is 0 Å². The molecule has 3 rings (SSSR count). The van der Waals surface area contributed by atoms with Crippen molar-refractivity contribution in [1.82, 2.24) is 15.0 Å². The molecule has 0 fully saturated rings. The van der Waals surface area contributed by atoms with Crippen molar-refractivity contribution in [2.75, 3.05) is 5.75 Å². The molecule has 0 radical (unpaired) electrons. The number of hydrogen-bond acceptors (Lipinski definition) is 3. The van der Waals surface area contributed by atoms with Gasteiger partial charge in [0, 0.05) is 17.6 Å². The number of H-pyrrole nitrogens is 1. The lowest BCUT2D eigenvalue weighted by Crippen LogP contribution is -1.83. The van der Waals surface area contributed by atoms with Crippen LogP contribution >= 0.6 is 11.8 Å². The zero-order chi connectivity index (χ0) is 13.9. The van der Waals surface area contributed by atoms with Crippen LogP contribution in [-0.4, -0.2) is 20.7 Å². The Kier molecular flexibility index (Phi) is 3.74. The quantitative estimate of drug-likeness (QED) is 0.720. The van der Waals surface area contributed by atoms with Crippen LogP contribution in [0.5, 0.6) is 0 Å². The number of benzene rings is 1. The molecule has 2 aromatic heterocycles. The fourth-order valence-corrected chi connectivity index (χ4v) is 2.90. The fourth-order valence-electron chi connectivity index (χ4n) is 2.15. The summed E-state index contributed by atoms with van der Waals surface area (Å²) in [7, 11) is 0. The van der Waals surface area contributed by atoms with Crippen molar-refractivity contribution in [3.05, 3.63) is 42.2 Å². The van der Waals surface area contributed by atoms with Crippen LogP contribution in [-0.2, 0) is 0 Å². The largest absolute Gasteiger partial charge is 0.333 e. The molecule has 0 unspecified atom stereocenters. The Balaban J connectivity index is 1.97. The summed E-state index contributed by atoms with van der Waals surface area (Å²) in [5, 5.41) is 1.00. The lowest BCUT2D eigenvalue weighted by atomic mass is 10.1. The van der Waals surface area contributed by atoms with Gasteiger partial charge in [0.1, 0.15) is 0 Å². The Bertz CT molecular complexity index is 733. The first-order chi connectivity index (χ1) is 9.76. The summed E-state index contributed by atoms with van der Waals surface area (Å²) < 4.78 is 0.